The maximum atomic E-state index is 12.0. The predicted octanol–water partition coefficient (Wildman–Crippen LogP) is 5.97. The number of hydrogen-bond donors (Lipinski definition) is 2. The zero-order chi connectivity index (χ0) is 30.9. The Kier molecular flexibility index (Phi) is 5.88. The summed E-state index contributed by atoms with van der Waals surface area (Å²) in [7, 11) is -4.31. The van der Waals surface area contributed by atoms with E-state index in [1.807, 2.05) is 18.2 Å². The molecule has 1 unspecified atom stereocenters. The van der Waals surface area contributed by atoms with Crippen molar-refractivity contribution in [3.63, 3.8) is 0 Å². The molecule has 0 aromatic heterocycles. The Hall–Kier alpha value is -3.53. The third kappa shape index (κ3) is 3.85. The van der Waals surface area contributed by atoms with Crippen LogP contribution in [0.25, 0.3) is 0 Å². The summed E-state index contributed by atoms with van der Waals surface area (Å²) in [5, 5.41) is 9.68. The molecule has 9 heteroatoms. The van der Waals surface area contributed by atoms with Gasteiger partial charge in [0.2, 0.25) is 5.69 Å². The highest BCUT2D eigenvalue weighted by Gasteiger charge is 2.53. The minimum Gasteiger partial charge on any atom is -0.478 e. The van der Waals surface area contributed by atoms with Gasteiger partial charge >= 0.3 is 5.97 Å². The second-order valence-electron chi connectivity index (χ2n) is 13.9. The normalized spacial score (nSPS) is 27.9. The molecule has 0 saturated carbocycles. The van der Waals surface area contributed by atoms with Gasteiger partial charge in [-0.3, -0.25) is 4.55 Å². The molecule has 2 aromatic carbocycles. The number of carbonyl (C=O) groups is 1. The van der Waals surface area contributed by atoms with Gasteiger partial charge in [0.1, 0.15) is 0 Å². The van der Waals surface area contributed by atoms with E-state index in [1.54, 1.807) is 12.1 Å². The van der Waals surface area contributed by atoms with Crippen molar-refractivity contribution in [1.29, 1.82) is 0 Å². The molecule has 0 fully saturated rings. The highest BCUT2D eigenvalue weighted by molar-refractivity contribution is 7.85. The fourth-order valence-electron chi connectivity index (χ4n) is 8.88. The number of allylic oxidation sites excluding steroid dienone is 3. The maximum Gasteiger partial charge on any atom is 0.335 e. The van der Waals surface area contributed by atoms with Gasteiger partial charge in [0.05, 0.1) is 28.1 Å². The van der Waals surface area contributed by atoms with E-state index < -0.39 is 16.1 Å². The van der Waals surface area contributed by atoms with E-state index in [9.17, 15) is 22.9 Å². The van der Waals surface area contributed by atoms with Crippen molar-refractivity contribution in [1.82, 2.24) is 0 Å². The molecule has 44 heavy (non-hydrogen) atoms. The first kappa shape index (κ1) is 28.0. The van der Waals surface area contributed by atoms with Crippen LogP contribution >= 0.6 is 0 Å². The molecule has 1 aliphatic carbocycles. The van der Waals surface area contributed by atoms with E-state index in [0.717, 1.165) is 54.9 Å². The number of anilines is 1. The highest BCUT2D eigenvalue weighted by atomic mass is 32.2. The topological polar surface area (TPSA) is 107 Å². The molecule has 5 aliphatic heterocycles. The lowest BCUT2D eigenvalue weighted by Gasteiger charge is -2.43. The van der Waals surface area contributed by atoms with E-state index in [4.69, 9.17) is 4.74 Å². The van der Waals surface area contributed by atoms with Gasteiger partial charge in [-0.1, -0.05) is 19.9 Å². The maximum absolute atomic E-state index is 12.0. The summed E-state index contributed by atoms with van der Waals surface area (Å²) in [6.45, 7) is 10.4. The Morgan fingerprint density at radius 1 is 1.09 bits per heavy atom. The average Bonchev–Trinajstić information content (AvgIpc) is 3.43. The van der Waals surface area contributed by atoms with Crippen LogP contribution in [0.3, 0.4) is 0 Å². The largest absolute Gasteiger partial charge is 0.478 e. The van der Waals surface area contributed by atoms with Crippen molar-refractivity contribution < 1.29 is 32.2 Å². The molecule has 0 spiro atoms. The molecule has 6 aliphatic rings. The number of carboxylic acids is 1. The SMILES string of the molecule is CC(C)C1C2=C3C=C4C=C5C6=[N+](CC[C@H]5O[C@H]4C[C@H]3CCN2c2ccc(S(=O)(=O)O)cc21)c1ccc(C(=O)O)cc1C6(C)C. The quantitative estimate of drug-likeness (QED) is 0.325. The smallest absolute Gasteiger partial charge is 0.335 e. The van der Waals surface area contributed by atoms with Crippen LogP contribution in [0.15, 0.2) is 75.9 Å². The molecule has 2 N–H and O–H groups in total. The van der Waals surface area contributed by atoms with Crippen LogP contribution in [0.4, 0.5) is 11.4 Å². The molecule has 8 nitrogen and oxygen atoms in total. The van der Waals surface area contributed by atoms with Gasteiger partial charge in [-0.25, -0.2) is 4.79 Å². The second kappa shape index (κ2) is 9.25. The zero-order valence-corrected chi connectivity index (χ0v) is 26.2. The third-order valence-corrected chi connectivity index (χ3v) is 11.6. The van der Waals surface area contributed by atoms with Crippen molar-refractivity contribution in [2.75, 3.05) is 18.0 Å². The Bertz CT molecular complexity index is 1910. The first-order valence-electron chi connectivity index (χ1n) is 15.6. The molecule has 228 valence electrons. The number of nitrogens with zero attached hydrogens (tertiary/aromatic N) is 2. The summed E-state index contributed by atoms with van der Waals surface area (Å²) in [6.07, 6.45) is 7.50. The summed E-state index contributed by atoms with van der Waals surface area (Å²) in [4.78, 5) is 14.1. The highest BCUT2D eigenvalue weighted by Crippen LogP contribution is 2.55. The predicted molar refractivity (Wildman–Crippen MR) is 167 cm³/mol. The van der Waals surface area contributed by atoms with E-state index in [0.29, 0.717) is 11.5 Å². The monoisotopic (exact) mass is 613 g/mol. The number of fused-ring (bicyclic) bond motifs is 9. The van der Waals surface area contributed by atoms with E-state index in [1.165, 1.54) is 34.2 Å². The number of ether oxygens (including phenoxy) is 1. The molecule has 0 amide bonds. The van der Waals surface area contributed by atoms with Crippen LogP contribution in [0, 0.1) is 11.8 Å². The molecule has 0 bridgehead atoms. The summed E-state index contributed by atoms with van der Waals surface area (Å²) in [5.74, 6) is -0.306. The van der Waals surface area contributed by atoms with Crippen LogP contribution < -0.4 is 4.90 Å². The molecular weight excluding hydrogens is 576 g/mol. The molecule has 5 heterocycles. The first-order chi connectivity index (χ1) is 20.8. The van der Waals surface area contributed by atoms with E-state index >= 15 is 0 Å². The van der Waals surface area contributed by atoms with Crippen molar-refractivity contribution in [3.05, 3.63) is 87.7 Å². The van der Waals surface area contributed by atoms with Crippen LogP contribution in [-0.4, -0.2) is 59.6 Å². The average molecular weight is 614 g/mol. The standard InChI is InChI=1S/C35H36N2O6S/c1-18(2)31-24-17-22(44(40,41)42)6-8-27(24)36-11-9-19-16-30-21(13-23(19)32(31)36)14-25-29(43-30)10-12-37-28-7-5-20(34(38)39)15-26(28)35(3,4)33(25)37/h5-8,13-15,17-19,29-31H,9-12,16H2,1-4H3,(H-,38,39,40,41,42)/p+1/t19-,29-,30+,31?/m1/s1. The van der Waals surface area contributed by atoms with Gasteiger partial charge in [-0.2, -0.15) is 13.0 Å². The Balaban J connectivity index is 1.26. The van der Waals surface area contributed by atoms with Gasteiger partial charge in [-0.15, -0.1) is 0 Å². The first-order valence-corrected chi connectivity index (χ1v) is 17.0. The van der Waals surface area contributed by atoms with Gasteiger partial charge in [-0.05, 0) is 91.6 Å². The van der Waals surface area contributed by atoms with Gasteiger partial charge in [0.25, 0.3) is 10.1 Å². The fourth-order valence-corrected chi connectivity index (χ4v) is 9.40. The number of rotatable bonds is 3. The summed E-state index contributed by atoms with van der Waals surface area (Å²) >= 11 is 0. The van der Waals surface area contributed by atoms with Crippen LogP contribution in [0.1, 0.15) is 74.4 Å². The van der Waals surface area contributed by atoms with Crippen LogP contribution in [0.2, 0.25) is 0 Å². The second-order valence-corrected chi connectivity index (χ2v) is 15.4. The molecule has 0 radical (unpaired) electrons. The van der Waals surface area contributed by atoms with Gasteiger partial charge < -0.3 is 14.7 Å². The van der Waals surface area contributed by atoms with Crippen molar-refractivity contribution in [2.24, 2.45) is 11.8 Å². The summed E-state index contributed by atoms with van der Waals surface area (Å²) in [6, 6.07) is 10.5. The third-order valence-electron chi connectivity index (χ3n) is 10.8. The molecule has 4 atom stereocenters. The molecule has 0 saturated heterocycles. The fraction of sp³-hybridized carbons (Fsp3) is 0.429. The van der Waals surface area contributed by atoms with Crippen LogP contribution in [-0.2, 0) is 20.3 Å². The Labute approximate surface area is 257 Å². The van der Waals surface area contributed by atoms with Gasteiger partial charge in [0, 0.05) is 47.5 Å². The molecule has 2 aromatic rings. The number of benzene rings is 2. The molecule has 8 rings (SSSR count). The minimum atomic E-state index is -4.31. The summed E-state index contributed by atoms with van der Waals surface area (Å²) < 4.78 is 43.1. The summed E-state index contributed by atoms with van der Waals surface area (Å²) in [5.41, 5.74) is 10.1. The van der Waals surface area contributed by atoms with Crippen LogP contribution in [0.5, 0.6) is 0 Å². The number of hydrogen-bond acceptors (Lipinski definition) is 5. The lowest BCUT2D eigenvalue weighted by Crippen LogP contribution is -2.46. The van der Waals surface area contributed by atoms with Gasteiger partial charge in [0.15, 0.2) is 12.3 Å². The van der Waals surface area contributed by atoms with E-state index in [-0.39, 0.29) is 34.4 Å². The van der Waals surface area contributed by atoms with E-state index in [2.05, 4.69) is 49.3 Å². The Morgan fingerprint density at radius 2 is 1.89 bits per heavy atom. The minimum absolute atomic E-state index is 0.00298. The number of carboxylic acid groups (broad SMARTS) is 1. The number of aromatic carboxylic acids is 1. The zero-order valence-electron chi connectivity index (χ0n) is 25.4. The lowest BCUT2D eigenvalue weighted by molar-refractivity contribution is -0.445. The van der Waals surface area contributed by atoms with Crippen molar-refractivity contribution in [3.8, 4) is 0 Å². The Morgan fingerprint density at radius 3 is 2.61 bits per heavy atom. The van der Waals surface area contributed by atoms with Crippen molar-refractivity contribution >= 4 is 33.2 Å². The molecular formula is C35H37N2O6S+. The van der Waals surface area contributed by atoms with Crippen molar-refractivity contribution in [2.45, 2.75) is 75.4 Å². The lowest BCUT2D eigenvalue weighted by atomic mass is 9.72.